The zero-order chi connectivity index (χ0) is 18.7. The third-order valence-corrected chi connectivity index (χ3v) is 5.06. The van der Waals surface area contributed by atoms with Crippen LogP contribution in [0.2, 0.25) is 0 Å². The lowest BCUT2D eigenvalue weighted by atomic mass is 10.1. The standard InChI is InChI=1S/C20H18N2O3S/c1-14-7-8-17(13-19(14)26(21,24)25)20(23)22-18-11-9-16(10-12-18)15-5-3-2-4-6-15/h2-13H,1H3,(H,22,23)(H2,21,24,25). The van der Waals surface area contributed by atoms with Crippen molar-refractivity contribution in [1.82, 2.24) is 0 Å². The average Bonchev–Trinajstić information content (AvgIpc) is 2.62. The summed E-state index contributed by atoms with van der Waals surface area (Å²) in [7, 11) is -3.88. The van der Waals surface area contributed by atoms with Crippen molar-refractivity contribution < 1.29 is 13.2 Å². The SMILES string of the molecule is Cc1ccc(C(=O)Nc2ccc(-c3ccccc3)cc2)cc1S(N)(=O)=O. The molecule has 0 aliphatic rings. The number of hydrogen-bond donors (Lipinski definition) is 2. The highest BCUT2D eigenvalue weighted by Gasteiger charge is 2.15. The van der Waals surface area contributed by atoms with Gasteiger partial charge in [0, 0.05) is 11.3 Å². The Balaban J connectivity index is 1.80. The molecule has 0 saturated carbocycles. The smallest absolute Gasteiger partial charge is 0.255 e. The zero-order valence-electron chi connectivity index (χ0n) is 14.1. The van der Waals surface area contributed by atoms with Crippen molar-refractivity contribution in [2.75, 3.05) is 5.32 Å². The Bertz CT molecular complexity index is 1040. The summed E-state index contributed by atoms with van der Waals surface area (Å²) in [5, 5.41) is 7.95. The van der Waals surface area contributed by atoms with Crippen LogP contribution in [0.15, 0.2) is 77.7 Å². The van der Waals surface area contributed by atoms with E-state index in [1.807, 2.05) is 42.5 Å². The highest BCUT2D eigenvalue weighted by atomic mass is 32.2. The van der Waals surface area contributed by atoms with Gasteiger partial charge in [0.15, 0.2) is 0 Å². The number of anilines is 1. The Morgan fingerprint density at radius 1 is 0.885 bits per heavy atom. The van der Waals surface area contributed by atoms with Crippen LogP contribution in [-0.2, 0) is 10.0 Å². The van der Waals surface area contributed by atoms with E-state index < -0.39 is 15.9 Å². The number of amides is 1. The number of primary sulfonamides is 1. The van der Waals surface area contributed by atoms with Crippen molar-refractivity contribution >= 4 is 21.6 Å². The zero-order valence-corrected chi connectivity index (χ0v) is 15.0. The number of carbonyl (C=O) groups is 1. The molecule has 0 bridgehead atoms. The molecule has 0 aromatic heterocycles. The van der Waals surface area contributed by atoms with E-state index in [-0.39, 0.29) is 10.5 Å². The normalized spacial score (nSPS) is 11.2. The second-order valence-electron chi connectivity index (χ2n) is 5.92. The van der Waals surface area contributed by atoms with Crippen LogP contribution in [0, 0.1) is 6.92 Å². The van der Waals surface area contributed by atoms with Gasteiger partial charge in [-0.2, -0.15) is 0 Å². The molecule has 26 heavy (non-hydrogen) atoms. The molecule has 0 spiro atoms. The van der Waals surface area contributed by atoms with Gasteiger partial charge >= 0.3 is 0 Å². The van der Waals surface area contributed by atoms with E-state index >= 15 is 0 Å². The maximum Gasteiger partial charge on any atom is 0.255 e. The van der Waals surface area contributed by atoms with Gasteiger partial charge in [0.25, 0.3) is 5.91 Å². The first kappa shape index (κ1) is 17.8. The molecule has 6 heteroatoms. The van der Waals surface area contributed by atoms with Gasteiger partial charge in [-0.25, -0.2) is 13.6 Å². The monoisotopic (exact) mass is 366 g/mol. The van der Waals surface area contributed by atoms with Crippen LogP contribution < -0.4 is 10.5 Å². The van der Waals surface area contributed by atoms with E-state index in [0.717, 1.165) is 11.1 Å². The van der Waals surface area contributed by atoms with Crippen LogP contribution in [0.1, 0.15) is 15.9 Å². The lowest BCUT2D eigenvalue weighted by molar-refractivity contribution is 0.102. The molecular formula is C20H18N2O3S. The third kappa shape index (κ3) is 3.99. The van der Waals surface area contributed by atoms with Gasteiger partial charge in [-0.05, 0) is 47.9 Å². The number of aryl methyl sites for hydroxylation is 1. The quantitative estimate of drug-likeness (QED) is 0.740. The minimum Gasteiger partial charge on any atom is -0.322 e. The average molecular weight is 366 g/mol. The van der Waals surface area contributed by atoms with Crippen LogP contribution in [0.4, 0.5) is 5.69 Å². The number of nitrogens with one attached hydrogen (secondary N) is 1. The van der Waals surface area contributed by atoms with Crippen molar-refractivity contribution in [2.24, 2.45) is 5.14 Å². The van der Waals surface area contributed by atoms with Crippen LogP contribution in [0.3, 0.4) is 0 Å². The Labute approximate surface area is 152 Å². The first-order chi connectivity index (χ1) is 12.3. The Morgan fingerprint density at radius 3 is 2.12 bits per heavy atom. The summed E-state index contributed by atoms with van der Waals surface area (Å²) in [5.74, 6) is -0.401. The Kier molecular flexibility index (Phi) is 4.88. The fourth-order valence-corrected chi connectivity index (χ4v) is 3.44. The van der Waals surface area contributed by atoms with E-state index in [0.29, 0.717) is 11.3 Å². The second kappa shape index (κ2) is 7.11. The van der Waals surface area contributed by atoms with Gasteiger partial charge in [-0.3, -0.25) is 4.79 Å². The van der Waals surface area contributed by atoms with E-state index in [1.165, 1.54) is 6.07 Å². The molecule has 0 aliphatic carbocycles. The van der Waals surface area contributed by atoms with Crippen molar-refractivity contribution in [3.05, 3.63) is 83.9 Å². The van der Waals surface area contributed by atoms with Crippen LogP contribution in [0.25, 0.3) is 11.1 Å². The number of sulfonamides is 1. The Hall–Kier alpha value is -2.96. The fraction of sp³-hybridized carbons (Fsp3) is 0.0500. The first-order valence-corrected chi connectivity index (χ1v) is 9.49. The maximum atomic E-state index is 12.4. The molecule has 3 aromatic rings. The molecule has 3 N–H and O–H groups in total. The summed E-state index contributed by atoms with van der Waals surface area (Å²) in [4.78, 5) is 12.4. The Morgan fingerprint density at radius 2 is 1.50 bits per heavy atom. The summed E-state index contributed by atoms with van der Waals surface area (Å²) in [6.45, 7) is 1.63. The predicted molar refractivity (Wildman–Crippen MR) is 102 cm³/mol. The molecule has 0 atom stereocenters. The molecule has 0 heterocycles. The lowest BCUT2D eigenvalue weighted by Gasteiger charge is -2.09. The van der Waals surface area contributed by atoms with Crippen LogP contribution in [-0.4, -0.2) is 14.3 Å². The van der Waals surface area contributed by atoms with Crippen LogP contribution >= 0.6 is 0 Å². The summed E-state index contributed by atoms with van der Waals surface area (Å²) in [6.07, 6.45) is 0. The highest BCUT2D eigenvalue weighted by Crippen LogP contribution is 2.22. The molecule has 1 amide bonds. The van der Waals surface area contributed by atoms with Crippen molar-refractivity contribution in [2.45, 2.75) is 11.8 Å². The molecule has 0 aliphatic heterocycles. The van der Waals surface area contributed by atoms with Gasteiger partial charge in [0.05, 0.1) is 4.90 Å². The van der Waals surface area contributed by atoms with Gasteiger partial charge in [0.2, 0.25) is 10.0 Å². The van der Waals surface area contributed by atoms with E-state index in [1.54, 1.807) is 31.2 Å². The van der Waals surface area contributed by atoms with E-state index in [2.05, 4.69) is 5.32 Å². The van der Waals surface area contributed by atoms with E-state index in [9.17, 15) is 13.2 Å². The number of nitrogens with two attached hydrogens (primary N) is 1. The molecular weight excluding hydrogens is 348 g/mol. The molecule has 3 rings (SSSR count). The summed E-state index contributed by atoms with van der Waals surface area (Å²) >= 11 is 0. The summed E-state index contributed by atoms with van der Waals surface area (Å²) in [5.41, 5.74) is 3.47. The number of hydrogen-bond acceptors (Lipinski definition) is 3. The summed E-state index contributed by atoms with van der Waals surface area (Å²) in [6, 6.07) is 21.7. The minimum absolute atomic E-state index is 0.0513. The summed E-state index contributed by atoms with van der Waals surface area (Å²) < 4.78 is 23.2. The highest BCUT2D eigenvalue weighted by molar-refractivity contribution is 7.89. The lowest BCUT2D eigenvalue weighted by Crippen LogP contribution is -2.17. The molecule has 5 nitrogen and oxygen atoms in total. The van der Waals surface area contributed by atoms with Crippen LogP contribution in [0.5, 0.6) is 0 Å². The molecule has 132 valence electrons. The number of carbonyl (C=O) groups excluding carboxylic acids is 1. The minimum atomic E-state index is -3.88. The topological polar surface area (TPSA) is 89.3 Å². The molecule has 3 aromatic carbocycles. The maximum absolute atomic E-state index is 12.4. The third-order valence-electron chi connectivity index (χ3n) is 4.01. The fourth-order valence-electron chi connectivity index (χ4n) is 2.63. The van der Waals surface area contributed by atoms with Gasteiger partial charge < -0.3 is 5.32 Å². The number of benzene rings is 3. The number of rotatable bonds is 4. The van der Waals surface area contributed by atoms with Gasteiger partial charge in [0.1, 0.15) is 0 Å². The second-order valence-corrected chi connectivity index (χ2v) is 7.45. The first-order valence-electron chi connectivity index (χ1n) is 7.95. The predicted octanol–water partition coefficient (Wildman–Crippen LogP) is 3.56. The molecule has 0 radical (unpaired) electrons. The van der Waals surface area contributed by atoms with E-state index in [4.69, 9.17) is 5.14 Å². The van der Waals surface area contributed by atoms with Gasteiger partial charge in [-0.1, -0.05) is 48.5 Å². The van der Waals surface area contributed by atoms with Crippen molar-refractivity contribution in [3.63, 3.8) is 0 Å². The molecule has 0 saturated heterocycles. The largest absolute Gasteiger partial charge is 0.322 e. The van der Waals surface area contributed by atoms with Gasteiger partial charge in [-0.15, -0.1) is 0 Å². The van der Waals surface area contributed by atoms with Crippen molar-refractivity contribution in [3.8, 4) is 11.1 Å². The molecule has 0 unspecified atom stereocenters. The molecule has 0 fully saturated rings. The van der Waals surface area contributed by atoms with Crippen molar-refractivity contribution in [1.29, 1.82) is 0 Å².